The van der Waals surface area contributed by atoms with Crippen LogP contribution in [0.3, 0.4) is 0 Å². The Kier molecular flexibility index (Phi) is 1.14. The van der Waals surface area contributed by atoms with E-state index in [1.54, 1.807) is 18.7 Å². The van der Waals surface area contributed by atoms with Crippen LogP contribution in [-0.2, 0) is 0 Å². The summed E-state index contributed by atoms with van der Waals surface area (Å²) in [5.74, 6) is 0. The lowest BCUT2D eigenvalue weighted by Crippen LogP contribution is -1.80. The van der Waals surface area contributed by atoms with Crippen molar-refractivity contribution in [3.05, 3.63) is 30.9 Å². The lowest BCUT2D eigenvalue weighted by atomic mass is 10.2. The molecule has 0 amide bonds. The zero-order valence-corrected chi connectivity index (χ0v) is 6.73. The summed E-state index contributed by atoms with van der Waals surface area (Å²) in [6.07, 6.45) is 5.14. The molecule has 2 aromatic heterocycles. The summed E-state index contributed by atoms with van der Waals surface area (Å²) in [4.78, 5) is 8.11. The predicted octanol–water partition coefficient (Wildman–Crippen LogP) is 1.51. The highest BCUT2D eigenvalue weighted by Gasteiger charge is 1.98. The predicted molar refractivity (Wildman–Crippen MR) is 49.2 cm³/mol. The summed E-state index contributed by atoms with van der Waals surface area (Å²) in [6, 6.07) is 3.99. The van der Waals surface area contributed by atoms with Gasteiger partial charge in [0.2, 0.25) is 0 Å². The molecule has 3 aromatic rings. The van der Waals surface area contributed by atoms with Crippen LogP contribution in [0.15, 0.2) is 30.9 Å². The molecule has 0 unspecified atom stereocenters. The van der Waals surface area contributed by atoms with Crippen LogP contribution in [0.1, 0.15) is 0 Å². The largest absolute Gasteiger partial charge is 0.278 e. The molecule has 4 nitrogen and oxygen atoms in total. The number of rotatable bonds is 0. The van der Waals surface area contributed by atoms with E-state index in [0.29, 0.717) is 0 Å². The normalized spacial score (nSPS) is 11.1. The molecule has 62 valence electrons. The Hall–Kier alpha value is -1.97. The van der Waals surface area contributed by atoms with Crippen LogP contribution in [0, 0.1) is 0 Å². The van der Waals surface area contributed by atoms with Gasteiger partial charge < -0.3 is 0 Å². The summed E-state index contributed by atoms with van der Waals surface area (Å²) in [5.41, 5.74) is 1.94. The molecule has 0 radical (unpaired) electrons. The lowest BCUT2D eigenvalue weighted by molar-refractivity contribution is 1.12. The van der Waals surface area contributed by atoms with E-state index in [-0.39, 0.29) is 0 Å². The zero-order chi connectivity index (χ0) is 8.67. The van der Waals surface area contributed by atoms with Crippen LogP contribution >= 0.6 is 0 Å². The van der Waals surface area contributed by atoms with E-state index in [1.165, 1.54) is 0 Å². The molecular weight excluding hydrogens is 164 g/mol. The van der Waals surface area contributed by atoms with E-state index in [0.717, 1.165) is 21.8 Å². The lowest BCUT2D eigenvalue weighted by Gasteiger charge is -1.94. The van der Waals surface area contributed by atoms with Gasteiger partial charge in [-0.25, -0.2) is 9.97 Å². The first-order valence-electron chi connectivity index (χ1n) is 3.96. The van der Waals surface area contributed by atoms with E-state index in [9.17, 15) is 0 Å². The third kappa shape index (κ3) is 0.885. The van der Waals surface area contributed by atoms with E-state index < -0.39 is 0 Å². The van der Waals surface area contributed by atoms with Crippen LogP contribution in [-0.4, -0.2) is 20.2 Å². The summed E-state index contributed by atoms with van der Waals surface area (Å²) >= 11 is 0. The Balaban J connectivity index is 2.57. The molecule has 0 aliphatic carbocycles. The van der Waals surface area contributed by atoms with Crippen LogP contribution in [0.2, 0.25) is 0 Å². The number of nitrogens with one attached hydrogen (secondary N) is 1. The standard InChI is InChI=1S/C9H6N4/c1-6-3-10-5-11-8(6)2-9-7(1)4-12-13-9/h1-5H,(H,12,13). The summed E-state index contributed by atoms with van der Waals surface area (Å²) in [6.45, 7) is 0. The molecule has 0 saturated heterocycles. The Morgan fingerprint density at radius 3 is 3.08 bits per heavy atom. The van der Waals surface area contributed by atoms with Crippen LogP contribution in [0.25, 0.3) is 21.8 Å². The van der Waals surface area contributed by atoms with Crippen molar-refractivity contribution in [2.45, 2.75) is 0 Å². The van der Waals surface area contributed by atoms with Gasteiger partial charge in [-0.3, -0.25) is 5.10 Å². The van der Waals surface area contributed by atoms with Crippen LogP contribution < -0.4 is 0 Å². The van der Waals surface area contributed by atoms with Crippen molar-refractivity contribution in [1.29, 1.82) is 0 Å². The van der Waals surface area contributed by atoms with Crippen molar-refractivity contribution in [1.82, 2.24) is 20.2 Å². The molecule has 0 fully saturated rings. The first kappa shape index (κ1) is 6.54. The van der Waals surface area contributed by atoms with Crippen LogP contribution in [0.4, 0.5) is 0 Å². The van der Waals surface area contributed by atoms with Gasteiger partial charge in [0.05, 0.1) is 17.2 Å². The van der Waals surface area contributed by atoms with Crippen molar-refractivity contribution in [2.24, 2.45) is 0 Å². The minimum absolute atomic E-state index is 0.937. The van der Waals surface area contributed by atoms with E-state index >= 15 is 0 Å². The van der Waals surface area contributed by atoms with E-state index in [1.807, 2.05) is 12.1 Å². The second-order valence-electron chi connectivity index (χ2n) is 2.89. The smallest absolute Gasteiger partial charge is 0.116 e. The quantitative estimate of drug-likeness (QED) is 0.556. The molecule has 0 aliphatic rings. The second-order valence-corrected chi connectivity index (χ2v) is 2.89. The number of aromatic amines is 1. The third-order valence-corrected chi connectivity index (χ3v) is 2.06. The fourth-order valence-corrected chi connectivity index (χ4v) is 1.42. The van der Waals surface area contributed by atoms with Crippen molar-refractivity contribution in [3.63, 3.8) is 0 Å². The number of fused-ring (bicyclic) bond motifs is 2. The number of benzene rings is 1. The van der Waals surface area contributed by atoms with E-state index in [2.05, 4.69) is 20.2 Å². The molecule has 4 heteroatoms. The highest BCUT2D eigenvalue weighted by molar-refractivity contribution is 5.93. The van der Waals surface area contributed by atoms with Crippen molar-refractivity contribution < 1.29 is 0 Å². The van der Waals surface area contributed by atoms with Gasteiger partial charge in [0.15, 0.2) is 0 Å². The molecule has 2 heterocycles. The highest BCUT2D eigenvalue weighted by Crippen LogP contribution is 2.17. The Morgan fingerprint density at radius 1 is 1.08 bits per heavy atom. The summed E-state index contributed by atoms with van der Waals surface area (Å²) < 4.78 is 0. The minimum Gasteiger partial charge on any atom is -0.278 e. The van der Waals surface area contributed by atoms with Crippen molar-refractivity contribution >= 4 is 21.8 Å². The Labute approximate surface area is 73.6 Å². The maximum Gasteiger partial charge on any atom is 0.116 e. The number of hydrogen-bond donors (Lipinski definition) is 1. The number of aromatic nitrogens is 4. The zero-order valence-electron chi connectivity index (χ0n) is 6.73. The van der Waals surface area contributed by atoms with Crippen LogP contribution in [0.5, 0.6) is 0 Å². The molecule has 0 bridgehead atoms. The fourth-order valence-electron chi connectivity index (χ4n) is 1.42. The maximum absolute atomic E-state index is 4.15. The molecule has 13 heavy (non-hydrogen) atoms. The van der Waals surface area contributed by atoms with Gasteiger partial charge >= 0.3 is 0 Å². The average molecular weight is 170 g/mol. The van der Waals surface area contributed by atoms with Gasteiger partial charge in [-0.05, 0) is 12.1 Å². The molecule has 3 rings (SSSR count). The Morgan fingerprint density at radius 2 is 2.08 bits per heavy atom. The first-order chi connectivity index (χ1) is 6.43. The minimum atomic E-state index is 0.937. The van der Waals surface area contributed by atoms with Gasteiger partial charge in [-0.1, -0.05) is 0 Å². The maximum atomic E-state index is 4.15. The number of hydrogen-bond acceptors (Lipinski definition) is 3. The molecular formula is C9H6N4. The fraction of sp³-hybridized carbons (Fsp3) is 0. The van der Waals surface area contributed by atoms with Gasteiger partial charge in [-0.2, -0.15) is 5.10 Å². The number of nitrogens with zero attached hydrogens (tertiary/aromatic N) is 3. The van der Waals surface area contributed by atoms with Gasteiger partial charge in [0, 0.05) is 17.0 Å². The second kappa shape index (κ2) is 2.26. The van der Waals surface area contributed by atoms with E-state index in [4.69, 9.17) is 0 Å². The Bertz CT molecular complexity index is 520. The van der Waals surface area contributed by atoms with Crippen molar-refractivity contribution in [2.75, 3.05) is 0 Å². The topological polar surface area (TPSA) is 54.5 Å². The monoisotopic (exact) mass is 170 g/mol. The summed E-state index contributed by atoms with van der Waals surface area (Å²) in [7, 11) is 0. The third-order valence-electron chi connectivity index (χ3n) is 2.06. The molecule has 0 spiro atoms. The SMILES string of the molecule is c1ncc2cc3cn[nH]c3cc2n1. The molecule has 1 aromatic carbocycles. The van der Waals surface area contributed by atoms with Crippen molar-refractivity contribution in [3.8, 4) is 0 Å². The number of H-pyrrole nitrogens is 1. The summed E-state index contributed by atoms with van der Waals surface area (Å²) in [5, 5.41) is 8.98. The first-order valence-corrected chi connectivity index (χ1v) is 3.96. The molecule has 0 atom stereocenters. The van der Waals surface area contributed by atoms with Gasteiger partial charge in [0.1, 0.15) is 6.33 Å². The van der Waals surface area contributed by atoms with Gasteiger partial charge in [-0.15, -0.1) is 0 Å². The average Bonchev–Trinajstić information content (AvgIpc) is 2.61. The van der Waals surface area contributed by atoms with Gasteiger partial charge in [0.25, 0.3) is 0 Å². The molecule has 0 saturated carbocycles. The highest BCUT2D eigenvalue weighted by atomic mass is 15.1. The molecule has 0 aliphatic heterocycles. The molecule has 1 N–H and O–H groups in total.